The van der Waals surface area contributed by atoms with E-state index < -0.39 is 0 Å². The van der Waals surface area contributed by atoms with Gasteiger partial charge in [0.15, 0.2) is 0 Å². The number of H-pyrrole nitrogens is 1. The summed E-state index contributed by atoms with van der Waals surface area (Å²) in [6, 6.07) is 9.17. The third-order valence-electron chi connectivity index (χ3n) is 2.82. The minimum absolute atomic E-state index is 0.0993. The average molecular weight is 260 g/mol. The van der Waals surface area contributed by atoms with E-state index in [2.05, 4.69) is 4.98 Å². The molecule has 1 aromatic carbocycles. The predicted molar refractivity (Wildman–Crippen MR) is 74.5 cm³/mol. The van der Waals surface area contributed by atoms with Crippen LogP contribution in [0.2, 0.25) is 0 Å². The Hall–Kier alpha value is -2.30. The highest BCUT2D eigenvalue weighted by Gasteiger charge is 2.10. The van der Waals surface area contributed by atoms with Crippen molar-refractivity contribution in [1.82, 2.24) is 4.98 Å². The van der Waals surface area contributed by atoms with Gasteiger partial charge in [-0.1, -0.05) is 18.2 Å². The smallest absolute Gasteiger partial charge is 0.325 e. The minimum atomic E-state index is -0.320. The molecule has 2 aromatic rings. The molecule has 0 radical (unpaired) electrons. The zero-order valence-electron chi connectivity index (χ0n) is 11.0. The number of pyridine rings is 1. The van der Waals surface area contributed by atoms with Crippen LogP contribution < -0.4 is 10.5 Å². The van der Waals surface area contributed by atoms with Gasteiger partial charge in [-0.15, -0.1) is 0 Å². The van der Waals surface area contributed by atoms with Gasteiger partial charge in [0.05, 0.1) is 6.61 Å². The van der Waals surface area contributed by atoms with Crippen LogP contribution in [0.4, 0.5) is 5.82 Å². The Balaban J connectivity index is 2.30. The van der Waals surface area contributed by atoms with E-state index in [0.717, 1.165) is 5.39 Å². The van der Waals surface area contributed by atoms with Gasteiger partial charge in [-0.3, -0.25) is 9.59 Å². The van der Waals surface area contributed by atoms with Gasteiger partial charge in [0.1, 0.15) is 12.4 Å². The molecule has 0 amide bonds. The fourth-order valence-electron chi connectivity index (χ4n) is 1.89. The van der Waals surface area contributed by atoms with E-state index in [9.17, 15) is 9.59 Å². The number of hydrogen-bond acceptors (Lipinski definition) is 4. The zero-order valence-corrected chi connectivity index (χ0v) is 11.0. The average Bonchev–Trinajstić information content (AvgIpc) is 2.39. The molecular weight excluding hydrogens is 244 g/mol. The second-order valence-electron chi connectivity index (χ2n) is 4.23. The monoisotopic (exact) mass is 260 g/mol. The van der Waals surface area contributed by atoms with Crippen LogP contribution in [-0.2, 0) is 9.53 Å². The summed E-state index contributed by atoms with van der Waals surface area (Å²) in [6.07, 6.45) is 0. The standard InChI is InChI=1S/C14H16N2O3/c1-3-19-13(17)9-16(2)12-8-10-6-4-5-7-11(10)14(18)15-12/h4-8H,3,9H2,1-2H3,(H,15,18). The van der Waals surface area contributed by atoms with Crippen molar-refractivity contribution in [3.8, 4) is 0 Å². The Morgan fingerprint density at radius 2 is 2.11 bits per heavy atom. The molecule has 0 aliphatic heterocycles. The number of fused-ring (bicyclic) bond motifs is 1. The van der Waals surface area contributed by atoms with E-state index in [4.69, 9.17) is 4.74 Å². The van der Waals surface area contributed by atoms with Crippen LogP contribution in [0, 0.1) is 0 Å². The van der Waals surface area contributed by atoms with Gasteiger partial charge in [-0.2, -0.15) is 0 Å². The number of anilines is 1. The Morgan fingerprint density at radius 1 is 1.37 bits per heavy atom. The molecule has 0 atom stereocenters. The molecule has 0 fully saturated rings. The van der Waals surface area contributed by atoms with Crippen LogP contribution >= 0.6 is 0 Å². The maximum absolute atomic E-state index is 11.9. The number of carbonyl (C=O) groups excluding carboxylic acids is 1. The molecule has 0 saturated carbocycles. The van der Waals surface area contributed by atoms with Gasteiger partial charge in [-0.25, -0.2) is 0 Å². The van der Waals surface area contributed by atoms with Crippen molar-refractivity contribution in [2.24, 2.45) is 0 Å². The van der Waals surface area contributed by atoms with Crippen LogP contribution in [0.1, 0.15) is 6.92 Å². The van der Waals surface area contributed by atoms with Gasteiger partial charge >= 0.3 is 5.97 Å². The summed E-state index contributed by atoms with van der Waals surface area (Å²) in [7, 11) is 1.73. The first-order chi connectivity index (χ1) is 9.11. The summed E-state index contributed by atoms with van der Waals surface area (Å²) in [5.74, 6) is 0.274. The van der Waals surface area contributed by atoms with Crippen LogP contribution in [0.5, 0.6) is 0 Å². The van der Waals surface area contributed by atoms with E-state index >= 15 is 0 Å². The zero-order chi connectivity index (χ0) is 13.8. The molecule has 0 saturated heterocycles. The first-order valence-electron chi connectivity index (χ1n) is 6.10. The summed E-state index contributed by atoms with van der Waals surface area (Å²) in [6.45, 7) is 2.21. The number of carbonyl (C=O) groups is 1. The Bertz CT molecular complexity index is 648. The van der Waals surface area contributed by atoms with E-state index in [1.807, 2.05) is 24.3 Å². The summed E-state index contributed by atoms with van der Waals surface area (Å²) >= 11 is 0. The molecule has 5 nitrogen and oxygen atoms in total. The lowest BCUT2D eigenvalue weighted by Crippen LogP contribution is -2.29. The number of nitrogens with one attached hydrogen (secondary N) is 1. The molecule has 0 unspecified atom stereocenters. The van der Waals surface area contributed by atoms with Gasteiger partial charge in [-0.05, 0) is 24.4 Å². The fraction of sp³-hybridized carbons (Fsp3) is 0.286. The quantitative estimate of drug-likeness (QED) is 0.847. The lowest BCUT2D eigenvalue weighted by molar-refractivity contribution is -0.141. The molecule has 19 heavy (non-hydrogen) atoms. The third-order valence-corrected chi connectivity index (χ3v) is 2.82. The number of aromatic nitrogens is 1. The number of rotatable bonds is 4. The van der Waals surface area contributed by atoms with E-state index in [0.29, 0.717) is 17.8 Å². The molecule has 1 heterocycles. The molecule has 0 aliphatic rings. The normalized spacial score (nSPS) is 10.4. The number of esters is 1. The second kappa shape index (κ2) is 5.56. The highest BCUT2D eigenvalue weighted by Crippen LogP contribution is 2.15. The Labute approximate surface area is 110 Å². The molecule has 2 rings (SSSR count). The molecular formula is C14H16N2O3. The maximum atomic E-state index is 11.9. The molecule has 5 heteroatoms. The number of ether oxygens (including phenoxy) is 1. The van der Waals surface area contributed by atoms with Crippen LogP contribution in [0.25, 0.3) is 10.8 Å². The third kappa shape index (κ3) is 2.93. The minimum Gasteiger partial charge on any atom is -0.465 e. The molecule has 0 bridgehead atoms. The summed E-state index contributed by atoms with van der Waals surface area (Å²) < 4.78 is 4.88. The summed E-state index contributed by atoms with van der Waals surface area (Å²) in [4.78, 5) is 27.8. The van der Waals surface area contributed by atoms with Crippen LogP contribution in [0.15, 0.2) is 35.1 Å². The topological polar surface area (TPSA) is 62.4 Å². The lowest BCUT2D eigenvalue weighted by Gasteiger charge is -2.17. The maximum Gasteiger partial charge on any atom is 0.325 e. The van der Waals surface area contributed by atoms with Gasteiger partial charge in [0.2, 0.25) is 0 Å². The highest BCUT2D eigenvalue weighted by atomic mass is 16.5. The van der Waals surface area contributed by atoms with Crippen molar-refractivity contribution >= 4 is 22.6 Å². The van der Waals surface area contributed by atoms with Gasteiger partial charge in [0.25, 0.3) is 5.56 Å². The molecule has 1 aromatic heterocycles. The molecule has 100 valence electrons. The number of hydrogen-bond donors (Lipinski definition) is 1. The molecule has 0 spiro atoms. The van der Waals surface area contributed by atoms with Crippen molar-refractivity contribution in [2.75, 3.05) is 25.1 Å². The first kappa shape index (κ1) is 13.1. The van der Waals surface area contributed by atoms with Crippen molar-refractivity contribution in [2.45, 2.75) is 6.92 Å². The van der Waals surface area contributed by atoms with E-state index in [1.54, 1.807) is 24.9 Å². The van der Waals surface area contributed by atoms with Gasteiger partial charge < -0.3 is 14.6 Å². The predicted octanol–water partition coefficient (Wildman–Crippen LogP) is 1.53. The van der Waals surface area contributed by atoms with Crippen LogP contribution in [0.3, 0.4) is 0 Å². The Kier molecular flexibility index (Phi) is 3.85. The second-order valence-corrected chi connectivity index (χ2v) is 4.23. The number of aromatic amines is 1. The SMILES string of the molecule is CCOC(=O)CN(C)c1cc2ccccc2c(=O)[nH]1. The molecule has 1 N–H and O–H groups in total. The highest BCUT2D eigenvalue weighted by molar-refractivity contribution is 5.84. The Morgan fingerprint density at radius 3 is 2.84 bits per heavy atom. The number of nitrogens with zero attached hydrogens (tertiary/aromatic N) is 1. The summed E-state index contributed by atoms with van der Waals surface area (Å²) in [5.41, 5.74) is -0.163. The van der Waals surface area contributed by atoms with E-state index in [-0.39, 0.29) is 18.1 Å². The number of benzene rings is 1. The van der Waals surface area contributed by atoms with Gasteiger partial charge in [0, 0.05) is 12.4 Å². The fourth-order valence-corrected chi connectivity index (χ4v) is 1.89. The largest absolute Gasteiger partial charge is 0.465 e. The van der Waals surface area contributed by atoms with E-state index in [1.165, 1.54) is 0 Å². The first-order valence-corrected chi connectivity index (χ1v) is 6.10. The molecule has 0 aliphatic carbocycles. The lowest BCUT2D eigenvalue weighted by atomic mass is 10.2. The van der Waals surface area contributed by atoms with Crippen molar-refractivity contribution in [3.63, 3.8) is 0 Å². The summed E-state index contributed by atoms with van der Waals surface area (Å²) in [5, 5.41) is 1.48. The van der Waals surface area contributed by atoms with Crippen molar-refractivity contribution < 1.29 is 9.53 Å². The number of likely N-dealkylation sites (N-methyl/N-ethyl adjacent to an activating group) is 1. The van der Waals surface area contributed by atoms with Crippen LogP contribution in [-0.4, -0.2) is 31.2 Å². The van der Waals surface area contributed by atoms with Crippen molar-refractivity contribution in [1.29, 1.82) is 0 Å². The van der Waals surface area contributed by atoms with Crippen molar-refractivity contribution in [3.05, 3.63) is 40.7 Å².